The molecule has 3 aliphatic rings. The maximum Gasteiger partial charge on any atom is 0.248 e. The number of hydrogen-bond acceptors (Lipinski definition) is 5. The summed E-state index contributed by atoms with van der Waals surface area (Å²) in [6, 6.07) is 9.21. The zero-order valence-electron chi connectivity index (χ0n) is 18.8. The predicted molar refractivity (Wildman–Crippen MR) is 119 cm³/mol. The van der Waals surface area contributed by atoms with E-state index in [0.29, 0.717) is 12.1 Å². The highest BCUT2D eigenvalue weighted by molar-refractivity contribution is 5.78. The number of likely N-dealkylation sites (tertiary alicyclic amines) is 1. The Kier molecular flexibility index (Phi) is 6.54. The Morgan fingerprint density at radius 3 is 2.37 bits per heavy atom. The molecular formula is C24H37N3O3. The number of piperidine rings is 2. The van der Waals surface area contributed by atoms with Gasteiger partial charge in [-0.25, -0.2) is 0 Å². The lowest BCUT2D eigenvalue weighted by Gasteiger charge is -2.47. The number of anilines is 1. The van der Waals surface area contributed by atoms with E-state index in [1.807, 2.05) is 11.8 Å². The fraction of sp³-hybridized carbons (Fsp3) is 0.708. The molecule has 6 heteroatoms. The van der Waals surface area contributed by atoms with E-state index in [0.717, 1.165) is 70.7 Å². The van der Waals surface area contributed by atoms with Crippen molar-refractivity contribution in [1.82, 2.24) is 9.80 Å². The first-order chi connectivity index (χ1) is 14.5. The second-order valence-corrected chi connectivity index (χ2v) is 9.31. The summed E-state index contributed by atoms with van der Waals surface area (Å²) in [4.78, 5) is 18.8. The maximum absolute atomic E-state index is 11.9. The number of likely N-dealkylation sites (N-methyl/N-ethyl adjacent to an activating group) is 1. The van der Waals surface area contributed by atoms with Crippen LogP contribution in [0, 0.1) is 0 Å². The van der Waals surface area contributed by atoms with Gasteiger partial charge in [0.15, 0.2) is 0 Å². The highest BCUT2D eigenvalue weighted by Crippen LogP contribution is 2.33. The Balaban J connectivity index is 1.28. The zero-order chi connectivity index (χ0) is 21.1. The quantitative estimate of drug-likeness (QED) is 0.739. The predicted octanol–water partition coefficient (Wildman–Crippen LogP) is 3.16. The molecule has 0 bridgehead atoms. The van der Waals surface area contributed by atoms with Gasteiger partial charge in [0, 0.05) is 51.0 Å². The third-order valence-electron chi connectivity index (χ3n) is 7.10. The molecule has 6 nitrogen and oxygen atoms in total. The van der Waals surface area contributed by atoms with Gasteiger partial charge in [0.05, 0.1) is 5.60 Å². The van der Waals surface area contributed by atoms with Crippen molar-refractivity contribution >= 4 is 11.6 Å². The SMILES string of the molecule is CCN1CC2(CCN(c3ccc(OC4CCN(C(C)C)CC4)cc3)CC2)OCC1=O. The van der Waals surface area contributed by atoms with Gasteiger partial charge in [-0.1, -0.05) is 0 Å². The molecule has 3 saturated heterocycles. The molecule has 4 rings (SSSR count). The van der Waals surface area contributed by atoms with Crippen molar-refractivity contribution in [3.8, 4) is 5.75 Å². The van der Waals surface area contributed by atoms with Crippen LogP contribution in [0.15, 0.2) is 24.3 Å². The number of carbonyl (C=O) groups is 1. The molecule has 166 valence electrons. The third kappa shape index (κ3) is 4.75. The highest BCUT2D eigenvalue weighted by atomic mass is 16.5. The number of amides is 1. The first kappa shape index (κ1) is 21.4. The van der Waals surface area contributed by atoms with Crippen LogP contribution in [0.2, 0.25) is 0 Å². The number of nitrogens with zero attached hydrogens (tertiary/aromatic N) is 3. The van der Waals surface area contributed by atoms with Crippen molar-refractivity contribution in [2.75, 3.05) is 50.8 Å². The van der Waals surface area contributed by atoms with Gasteiger partial charge >= 0.3 is 0 Å². The van der Waals surface area contributed by atoms with Crippen LogP contribution in [0.3, 0.4) is 0 Å². The van der Waals surface area contributed by atoms with Crippen molar-refractivity contribution in [3.63, 3.8) is 0 Å². The fourth-order valence-corrected chi connectivity index (χ4v) is 4.99. The van der Waals surface area contributed by atoms with E-state index >= 15 is 0 Å². The lowest BCUT2D eigenvalue weighted by atomic mass is 9.89. The average molecular weight is 416 g/mol. The Bertz CT molecular complexity index is 705. The minimum absolute atomic E-state index is 0.121. The number of morpholine rings is 1. The number of benzene rings is 1. The summed E-state index contributed by atoms with van der Waals surface area (Å²) >= 11 is 0. The topological polar surface area (TPSA) is 45.2 Å². The van der Waals surface area contributed by atoms with E-state index < -0.39 is 0 Å². The van der Waals surface area contributed by atoms with Gasteiger partial charge in [-0.2, -0.15) is 0 Å². The van der Waals surface area contributed by atoms with E-state index in [1.165, 1.54) is 5.69 Å². The number of carbonyl (C=O) groups excluding carboxylic acids is 1. The first-order valence-corrected chi connectivity index (χ1v) is 11.7. The van der Waals surface area contributed by atoms with Crippen LogP contribution < -0.4 is 9.64 Å². The Hall–Kier alpha value is -1.79. The minimum atomic E-state index is -0.158. The molecule has 0 N–H and O–H groups in total. The summed E-state index contributed by atoms with van der Waals surface area (Å²) in [5.41, 5.74) is 1.08. The van der Waals surface area contributed by atoms with Crippen LogP contribution in [-0.4, -0.2) is 79.3 Å². The lowest BCUT2D eigenvalue weighted by Crippen LogP contribution is -2.58. The van der Waals surface area contributed by atoms with Crippen LogP contribution in [0.4, 0.5) is 5.69 Å². The monoisotopic (exact) mass is 415 g/mol. The van der Waals surface area contributed by atoms with Crippen LogP contribution in [0.1, 0.15) is 46.5 Å². The largest absolute Gasteiger partial charge is 0.490 e. The number of rotatable bonds is 5. The summed E-state index contributed by atoms with van der Waals surface area (Å²) in [6.07, 6.45) is 4.46. The zero-order valence-corrected chi connectivity index (χ0v) is 18.8. The second kappa shape index (κ2) is 9.15. The molecule has 3 fully saturated rings. The first-order valence-electron chi connectivity index (χ1n) is 11.7. The molecule has 0 aromatic heterocycles. The molecular weight excluding hydrogens is 378 g/mol. The van der Waals surface area contributed by atoms with E-state index in [1.54, 1.807) is 0 Å². The Morgan fingerprint density at radius 2 is 1.77 bits per heavy atom. The standard InChI is InChI=1S/C24H37N3O3/c1-4-25-18-24(29-17-23(25)28)11-15-27(16-12-24)20-5-7-21(8-6-20)30-22-9-13-26(14-10-22)19(2)3/h5-8,19,22H,4,9-18H2,1-3H3. The van der Waals surface area contributed by atoms with E-state index in [4.69, 9.17) is 9.47 Å². The molecule has 0 saturated carbocycles. The molecule has 30 heavy (non-hydrogen) atoms. The minimum Gasteiger partial charge on any atom is -0.490 e. The molecule has 0 unspecified atom stereocenters. The molecule has 0 radical (unpaired) electrons. The van der Waals surface area contributed by atoms with Crippen molar-refractivity contribution in [2.24, 2.45) is 0 Å². The van der Waals surface area contributed by atoms with Gasteiger partial charge in [0.2, 0.25) is 5.91 Å². The smallest absolute Gasteiger partial charge is 0.248 e. The fourth-order valence-electron chi connectivity index (χ4n) is 4.99. The number of hydrogen-bond donors (Lipinski definition) is 0. The Morgan fingerprint density at radius 1 is 1.10 bits per heavy atom. The normalized spacial score (nSPS) is 23.4. The van der Waals surface area contributed by atoms with Crippen molar-refractivity contribution < 1.29 is 14.3 Å². The molecule has 3 aliphatic heterocycles. The van der Waals surface area contributed by atoms with E-state index in [2.05, 4.69) is 47.9 Å². The summed E-state index contributed by atoms with van der Waals surface area (Å²) in [5, 5.41) is 0. The van der Waals surface area contributed by atoms with Crippen LogP contribution in [0.5, 0.6) is 5.75 Å². The summed E-state index contributed by atoms with van der Waals surface area (Å²) in [7, 11) is 0. The Labute approximate surface area is 181 Å². The van der Waals surface area contributed by atoms with Gasteiger partial charge < -0.3 is 24.2 Å². The summed E-state index contributed by atoms with van der Waals surface area (Å²) in [6.45, 7) is 12.5. The van der Waals surface area contributed by atoms with Gasteiger partial charge in [-0.15, -0.1) is 0 Å². The van der Waals surface area contributed by atoms with E-state index in [-0.39, 0.29) is 18.1 Å². The molecule has 3 heterocycles. The van der Waals surface area contributed by atoms with Crippen molar-refractivity contribution in [1.29, 1.82) is 0 Å². The van der Waals surface area contributed by atoms with Crippen molar-refractivity contribution in [3.05, 3.63) is 24.3 Å². The molecule has 0 aliphatic carbocycles. The molecule has 1 aromatic rings. The molecule has 0 atom stereocenters. The third-order valence-corrected chi connectivity index (χ3v) is 7.10. The average Bonchev–Trinajstić information content (AvgIpc) is 2.77. The van der Waals surface area contributed by atoms with Crippen molar-refractivity contribution in [2.45, 2.75) is 64.2 Å². The molecule has 1 aromatic carbocycles. The number of ether oxygens (including phenoxy) is 2. The van der Waals surface area contributed by atoms with Crippen LogP contribution in [-0.2, 0) is 9.53 Å². The van der Waals surface area contributed by atoms with Gasteiger partial charge in [-0.3, -0.25) is 4.79 Å². The summed E-state index contributed by atoms with van der Waals surface area (Å²) in [5.74, 6) is 1.10. The van der Waals surface area contributed by atoms with E-state index in [9.17, 15) is 4.79 Å². The molecule has 1 spiro atoms. The van der Waals surface area contributed by atoms with Gasteiger partial charge in [0.1, 0.15) is 18.5 Å². The summed E-state index contributed by atoms with van der Waals surface area (Å²) < 4.78 is 12.3. The van der Waals surface area contributed by atoms with Gasteiger partial charge in [0.25, 0.3) is 0 Å². The van der Waals surface area contributed by atoms with Gasteiger partial charge in [-0.05, 0) is 70.7 Å². The molecule has 1 amide bonds. The van der Waals surface area contributed by atoms with Crippen LogP contribution >= 0.6 is 0 Å². The second-order valence-electron chi connectivity index (χ2n) is 9.31. The lowest BCUT2D eigenvalue weighted by molar-refractivity contribution is -0.166. The van der Waals surface area contributed by atoms with Crippen LogP contribution in [0.25, 0.3) is 0 Å². The highest BCUT2D eigenvalue weighted by Gasteiger charge is 2.41. The maximum atomic E-state index is 11.9.